The second kappa shape index (κ2) is 4.98. The molecule has 0 aromatic heterocycles. The molecule has 1 heterocycles. The van der Waals surface area contributed by atoms with Crippen LogP contribution >= 0.6 is 0 Å². The van der Waals surface area contributed by atoms with Gasteiger partial charge in [-0.05, 0) is 17.5 Å². The van der Waals surface area contributed by atoms with Crippen molar-refractivity contribution < 1.29 is 13.9 Å². The van der Waals surface area contributed by atoms with Gasteiger partial charge in [-0.25, -0.2) is 8.78 Å². The minimum Gasteiger partial charge on any atom is -0.390 e. The maximum atomic E-state index is 12.8. The Bertz CT molecular complexity index is 396. The maximum Gasteiger partial charge on any atom is 0.282 e. The molecular weight excluding hydrogens is 226 g/mol. The van der Waals surface area contributed by atoms with Gasteiger partial charge in [0.05, 0.1) is 6.54 Å². The van der Waals surface area contributed by atoms with Gasteiger partial charge in [0.2, 0.25) is 0 Å². The Balaban J connectivity index is 1.94. The van der Waals surface area contributed by atoms with E-state index in [0.717, 1.165) is 24.2 Å². The van der Waals surface area contributed by atoms with Crippen LogP contribution in [0.5, 0.6) is 0 Å². The molecule has 1 aliphatic rings. The first-order valence-corrected chi connectivity index (χ1v) is 5.66. The first kappa shape index (κ1) is 12.3. The molecule has 3 nitrogen and oxygen atoms in total. The van der Waals surface area contributed by atoms with Crippen molar-refractivity contribution in [1.82, 2.24) is 5.32 Å². The number of nitrogens with one attached hydrogen (secondary N) is 2. The summed E-state index contributed by atoms with van der Waals surface area (Å²) in [6.45, 7) is -0.344. The van der Waals surface area contributed by atoms with E-state index >= 15 is 0 Å². The van der Waals surface area contributed by atoms with Crippen molar-refractivity contribution >= 4 is 5.69 Å². The number of anilines is 1. The molecule has 1 aliphatic heterocycles. The molecule has 2 rings (SSSR count). The third-order valence-electron chi connectivity index (χ3n) is 2.86. The summed E-state index contributed by atoms with van der Waals surface area (Å²) in [5, 5.41) is 14.4. The van der Waals surface area contributed by atoms with Gasteiger partial charge in [-0.1, -0.05) is 18.2 Å². The molecule has 0 radical (unpaired) electrons. The Hall–Kier alpha value is -1.20. The van der Waals surface area contributed by atoms with Crippen LogP contribution in [0.15, 0.2) is 18.2 Å². The molecule has 0 saturated heterocycles. The molecule has 94 valence electrons. The number of hydrogen-bond donors (Lipinski definition) is 3. The van der Waals surface area contributed by atoms with Gasteiger partial charge in [0, 0.05) is 18.8 Å². The molecule has 0 aliphatic carbocycles. The van der Waals surface area contributed by atoms with Crippen molar-refractivity contribution in [3.05, 3.63) is 29.3 Å². The second-order valence-electron chi connectivity index (χ2n) is 4.25. The molecule has 0 amide bonds. The maximum absolute atomic E-state index is 12.8. The van der Waals surface area contributed by atoms with Gasteiger partial charge < -0.3 is 15.7 Å². The number of para-hydroxylation sites is 1. The van der Waals surface area contributed by atoms with Crippen molar-refractivity contribution in [2.75, 3.05) is 25.0 Å². The highest BCUT2D eigenvalue weighted by molar-refractivity contribution is 5.61. The third kappa shape index (κ3) is 2.92. The fraction of sp³-hybridized carbons (Fsp3) is 0.500. The molecule has 0 bridgehead atoms. The number of rotatable bonds is 5. The zero-order valence-corrected chi connectivity index (χ0v) is 9.47. The van der Waals surface area contributed by atoms with Crippen molar-refractivity contribution in [1.29, 1.82) is 0 Å². The zero-order valence-electron chi connectivity index (χ0n) is 9.47. The van der Waals surface area contributed by atoms with Gasteiger partial charge in [-0.2, -0.15) is 0 Å². The molecule has 1 aromatic rings. The molecule has 5 heteroatoms. The summed E-state index contributed by atoms with van der Waals surface area (Å²) in [6, 6.07) is 5.90. The number of aliphatic hydroxyl groups excluding tert-OH is 1. The third-order valence-corrected chi connectivity index (χ3v) is 2.86. The van der Waals surface area contributed by atoms with Gasteiger partial charge in [0.25, 0.3) is 5.92 Å². The molecule has 3 N–H and O–H groups in total. The van der Waals surface area contributed by atoms with E-state index in [0.29, 0.717) is 6.54 Å². The highest BCUT2D eigenvalue weighted by atomic mass is 19.3. The minimum absolute atomic E-state index is 0.381. The van der Waals surface area contributed by atoms with Crippen LogP contribution in [0.4, 0.5) is 14.5 Å². The van der Waals surface area contributed by atoms with E-state index in [9.17, 15) is 8.78 Å². The number of hydrogen-bond acceptors (Lipinski definition) is 3. The van der Waals surface area contributed by atoms with E-state index in [-0.39, 0.29) is 0 Å². The van der Waals surface area contributed by atoms with E-state index in [1.165, 1.54) is 5.56 Å². The van der Waals surface area contributed by atoms with Gasteiger partial charge in [0.15, 0.2) is 0 Å². The fourth-order valence-electron chi connectivity index (χ4n) is 1.99. The van der Waals surface area contributed by atoms with E-state index < -0.39 is 19.1 Å². The summed E-state index contributed by atoms with van der Waals surface area (Å²) in [6.07, 6.45) is 0.982. The fourth-order valence-corrected chi connectivity index (χ4v) is 1.99. The smallest absolute Gasteiger partial charge is 0.282 e. The second-order valence-corrected chi connectivity index (χ2v) is 4.25. The lowest BCUT2D eigenvalue weighted by atomic mass is 10.1. The number of alkyl halides is 2. The van der Waals surface area contributed by atoms with Crippen molar-refractivity contribution in [2.24, 2.45) is 0 Å². The summed E-state index contributed by atoms with van der Waals surface area (Å²) in [5.74, 6) is -3.05. The Labute approximate surface area is 98.8 Å². The van der Waals surface area contributed by atoms with Crippen LogP contribution in [0, 0.1) is 0 Å². The van der Waals surface area contributed by atoms with Crippen molar-refractivity contribution in [3.63, 3.8) is 0 Å². The topological polar surface area (TPSA) is 44.3 Å². The first-order chi connectivity index (χ1) is 8.12. The average Bonchev–Trinajstić information content (AvgIpc) is 2.78. The highest BCUT2D eigenvalue weighted by Crippen LogP contribution is 2.26. The Kier molecular flexibility index (Phi) is 3.59. The van der Waals surface area contributed by atoms with Gasteiger partial charge in [-0.3, -0.25) is 0 Å². The largest absolute Gasteiger partial charge is 0.390 e. The molecule has 0 atom stereocenters. The van der Waals surface area contributed by atoms with Crippen LogP contribution in [0.3, 0.4) is 0 Å². The lowest BCUT2D eigenvalue weighted by Gasteiger charge is -2.15. The standard InChI is InChI=1S/C12H16F2N2O/c13-12(14,8-17)7-15-6-10-3-1-2-9-4-5-16-11(9)10/h1-3,15-17H,4-8H2. The summed E-state index contributed by atoms with van der Waals surface area (Å²) >= 11 is 0. The molecule has 0 fully saturated rings. The molecular formula is C12H16F2N2O. The van der Waals surface area contributed by atoms with Gasteiger partial charge >= 0.3 is 0 Å². The Morgan fingerprint density at radius 3 is 3.00 bits per heavy atom. The molecule has 17 heavy (non-hydrogen) atoms. The molecule has 1 aromatic carbocycles. The van der Waals surface area contributed by atoms with Crippen LogP contribution in [0.1, 0.15) is 11.1 Å². The van der Waals surface area contributed by atoms with Crippen LogP contribution in [0.25, 0.3) is 0 Å². The number of fused-ring (bicyclic) bond motifs is 1. The van der Waals surface area contributed by atoms with Crippen molar-refractivity contribution in [3.8, 4) is 0 Å². The zero-order chi connectivity index (χ0) is 12.3. The van der Waals surface area contributed by atoms with Crippen LogP contribution in [0.2, 0.25) is 0 Å². The minimum atomic E-state index is -3.05. The van der Waals surface area contributed by atoms with E-state index in [2.05, 4.69) is 10.6 Å². The van der Waals surface area contributed by atoms with Crippen molar-refractivity contribution in [2.45, 2.75) is 18.9 Å². The van der Waals surface area contributed by atoms with Gasteiger partial charge in [-0.15, -0.1) is 0 Å². The van der Waals surface area contributed by atoms with Crippen LogP contribution in [-0.2, 0) is 13.0 Å². The van der Waals surface area contributed by atoms with E-state index in [4.69, 9.17) is 5.11 Å². The van der Waals surface area contributed by atoms with E-state index in [1.54, 1.807) is 0 Å². The lowest BCUT2D eigenvalue weighted by molar-refractivity contribution is -0.0477. The number of benzene rings is 1. The van der Waals surface area contributed by atoms with E-state index in [1.807, 2.05) is 18.2 Å². The first-order valence-electron chi connectivity index (χ1n) is 5.66. The summed E-state index contributed by atoms with van der Waals surface area (Å²) < 4.78 is 25.6. The highest BCUT2D eigenvalue weighted by Gasteiger charge is 2.27. The Morgan fingerprint density at radius 2 is 2.24 bits per heavy atom. The summed E-state index contributed by atoms with van der Waals surface area (Å²) in [4.78, 5) is 0. The number of aliphatic hydroxyl groups is 1. The van der Waals surface area contributed by atoms with Gasteiger partial charge in [0.1, 0.15) is 6.61 Å². The average molecular weight is 242 g/mol. The molecule has 0 unspecified atom stereocenters. The summed E-state index contributed by atoms with van der Waals surface area (Å²) in [7, 11) is 0. The molecule has 0 spiro atoms. The molecule has 0 saturated carbocycles. The predicted octanol–water partition coefficient (Wildman–Crippen LogP) is 1.37. The normalized spacial score (nSPS) is 14.5. The quantitative estimate of drug-likeness (QED) is 0.730. The SMILES string of the molecule is OCC(F)(F)CNCc1cccc2c1NCC2. The van der Waals surface area contributed by atoms with Crippen LogP contribution < -0.4 is 10.6 Å². The monoisotopic (exact) mass is 242 g/mol. The summed E-state index contributed by atoms with van der Waals surface area (Å²) in [5.41, 5.74) is 3.29. The number of halogens is 2. The predicted molar refractivity (Wildman–Crippen MR) is 62.4 cm³/mol. The van der Waals surface area contributed by atoms with Crippen LogP contribution in [-0.4, -0.2) is 30.7 Å². The Morgan fingerprint density at radius 1 is 1.41 bits per heavy atom. The lowest BCUT2D eigenvalue weighted by Crippen LogP contribution is -2.35.